The zero-order valence-electron chi connectivity index (χ0n) is 14.2. The van der Waals surface area contributed by atoms with Gasteiger partial charge >= 0.3 is 6.03 Å². The summed E-state index contributed by atoms with van der Waals surface area (Å²) in [6.45, 7) is 2.87. The summed E-state index contributed by atoms with van der Waals surface area (Å²) in [5.41, 5.74) is 1.94. The van der Waals surface area contributed by atoms with Gasteiger partial charge in [0, 0.05) is 39.0 Å². The normalized spacial score (nSPS) is 21.0. The number of fused-ring (bicyclic) bond motifs is 1. The minimum atomic E-state index is 0.00146. The van der Waals surface area contributed by atoms with E-state index in [2.05, 4.69) is 15.3 Å². The smallest absolute Gasteiger partial charge is 0.317 e. The largest absolute Gasteiger partial charge is 0.342 e. The number of carbonyl (C=O) groups excluding carboxylic acids is 2. The second kappa shape index (κ2) is 6.74. The molecule has 2 aliphatic heterocycles. The number of amides is 3. The molecule has 0 saturated carbocycles. The number of rotatable bonds is 4. The molecule has 3 heterocycles. The summed E-state index contributed by atoms with van der Waals surface area (Å²) in [7, 11) is 0. The van der Waals surface area contributed by atoms with Gasteiger partial charge in [-0.15, -0.1) is 0 Å². The van der Waals surface area contributed by atoms with E-state index in [1.54, 1.807) is 0 Å². The Balaban J connectivity index is 1.34. The topological polar surface area (TPSA) is 81.3 Å². The minimum Gasteiger partial charge on any atom is -0.342 e. The lowest BCUT2D eigenvalue weighted by atomic mass is 10.0. The molecule has 4 rings (SSSR count). The van der Waals surface area contributed by atoms with Crippen LogP contribution in [0.2, 0.25) is 0 Å². The van der Waals surface area contributed by atoms with Crippen molar-refractivity contribution in [1.29, 1.82) is 0 Å². The lowest BCUT2D eigenvalue weighted by molar-refractivity contribution is -0.133. The number of H-pyrrole nitrogens is 1. The summed E-state index contributed by atoms with van der Waals surface area (Å²) in [6.07, 6.45) is 2.98. The summed E-state index contributed by atoms with van der Waals surface area (Å²) in [4.78, 5) is 36.0. The van der Waals surface area contributed by atoms with Gasteiger partial charge in [-0.3, -0.25) is 4.79 Å². The maximum Gasteiger partial charge on any atom is 0.317 e. The Morgan fingerprint density at radius 1 is 1.28 bits per heavy atom. The van der Waals surface area contributed by atoms with E-state index in [0.29, 0.717) is 25.9 Å². The van der Waals surface area contributed by atoms with Gasteiger partial charge in [0.25, 0.3) is 0 Å². The Morgan fingerprint density at radius 2 is 2.16 bits per heavy atom. The van der Waals surface area contributed by atoms with Gasteiger partial charge in [0.15, 0.2) is 0 Å². The maximum atomic E-state index is 12.6. The molecule has 3 amide bonds. The molecule has 7 nitrogen and oxygen atoms in total. The van der Waals surface area contributed by atoms with E-state index in [4.69, 9.17) is 0 Å². The van der Waals surface area contributed by atoms with Gasteiger partial charge in [-0.05, 0) is 25.0 Å². The average Bonchev–Trinajstić information content (AvgIpc) is 3.25. The Bertz CT molecular complexity index is 754. The van der Waals surface area contributed by atoms with E-state index >= 15 is 0 Å². The molecule has 7 heteroatoms. The molecule has 2 N–H and O–H groups in total. The molecule has 2 fully saturated rings. The van der Waals surface area contributed by atoms with Crippen LogP contribution >= 0.6 is 0 Å². The highest BCUT2D eigenvalue weighted by Gasteiger charge is 2.32. The van der Waals surface area contributed by atoms with Crippen molar-refractivity contribution in [3.8, 4) is 0 Å². The third-order valence-electron chi connectivity index (χ3n) is 5.09. The van der Waals surface area contributed by atoms with Crippen LogP contribution in [0, 0.1) is 0 Å². The van der Waals surface area contributed by atoms with Crippen molar-refractivity contribution in [1.82, 2.24) is 25.1 Å². The van der Waals surface area contributed by atoms with E-state index in [1.807, 2.05) is 34.1 Å². The summed E-state index contributed by atoms with van der Waals surface area (Å²) >= 11 is 0. The molecule has 1 atom stereocenters. The van der Waals surface area contributed by atoms with Crippen LogP contribution in [0.4, 0.5) is 4.79 Å². The van der Waals surface area contributed by atoms with E-state index < -0.39 is 0 Å². The first-order valence-electron chi connectivity index (χ1n) is 8.96. The van der Waals surface area contributed by atoms with Gasteiger partial charge in [-0.2, -0.15) is 0 Å². The first-order valence-corrected chi connectivity index (χ1v) is 8.96. The van der Waals surface area contributed by atoms with E-state index in [1.165, 1.54) is 0 Å². The van der Waals surface area contributed by atoms with Crippen LogP contribution in [0.3, 0.4) is 0 Å². The van der Waals surface area contributed by atoms with Gasteiger partial charge in [-0.25, -0.2) is 9.78 Å². The number of aromatic amines is 1. The number of likely N-dealkylation sites (tertiary alicyclic amines) is 1. The molecule has 1 aromatic heterocycles. The molecular formula is C18H23N5O2. The monoisotopic (exact) mass is 341 g/mol. The number of hydrogen-bond acceptors (Lipinski definition) is 3. The lowest BCUT2D eigenvalue weighted by Crippen LogP contribution is -2.50. The zero-order valence-corrected chi connectivity index (χ0v) is 14.2. The molecule has 2 aliphatic rings. The number of urea groups is 1. The van der Waals surface area contributed by atoms with Gasteiger partial charge in [0.2, 0.25) is 5.91 Å². The van der Waals surface area contributed by atoms with Gasteiger partial charge in [0.05, 0.1) is 17.1 Å². The van der Waals surface area contributed by atoms with Crippen molar-refractivity contribution in [3.63, 3.8) is 0 Å². The van der Waals surface area contributed by atoms with Crippen molar-refractivity contribution in [2.24, 2.45) is 0 Å². The van der Waals surface area contributed by atoms with Crippen molar-refractivity contribution in [3.05, 3.63) is 30.1 Å². The number of nitrogens with zero attached hydrogens (tertiary/aromatic N) is 3. The Hall–Kier alpha value is -2.57. The zero-order chi connectivity index (χ0) is 17.2. The number of piperidine rings is 1. The molecular weight excluding hydrogens is 318 g/mol. The van der Waals surface area contributed by atoms with Crippen molar-refractivity contribution in [2.75, 3.05) is 26.2 Å². The number of aromatic nitrogens is 2. The third kappa shape index (κ3) is 3.31. The SMILES string of the molecule is O=C(CCc1nc2ccccc2[nH]1)N1CCC[C@H](N2CCNC2=O)C1. The van der Waals surface area contributed by atoms with Gasteiger partial charge in [0.1, 0.15) is 5.82 Å². The molecule has 2 saturated heterocycles. The fraction of sp³-hybridized carbons (Fsp3) is 0.500. The highest BCUT2D eigenvalue weighted by Crippen LogP contribution is 2.19. The van der Waals surface area contributed by atoms with Crippen LogP contribution in [-0.2, 0) is 11.2 Å². The number of aryl methyl sites for hydroxylation is 1. The van der Waals surface area contributed by atoms with Crippen LogP contribution in [0.25, 0.3) is 11.0 Å². The summed E-state index contributed by atoms with van der Waals surface area (Å²) in [5.74, 6) is 0.992. The Morgan fingerprint density at radius 3 is 2.96 bits per heavy atom. The summed E-state index contributed by atoms with van der Waals surface area (Å²) in [6, 6.07) is 8.03. The number of carbonyl (C=O) groups is 2. The maximum absolute atomic E-state index is 12.6. The number of benzene rings is 1. The van der Waals surface area contributed by atoms with Crippen molar-refractivity contribution >= 4 is 23.0 Å². The average molecular weight is 341 g/mol. The second-order valence-corrected chi connectivity index (χ2v) is 6.76. The first kappa shape index (κ1) is 15.9. The van der Waals surface area contributed by atoms with Crippen LogP contribution < -0.4 is 5.32 Å². The molecule has 1 aromatic carbocycles. The third-order valence-corrected chi connectivity index (χ3v) is 5.09. The lowest BCUT2D eigenvalue weighted by Gasteiger charge is -2.37. The molecule has 2 aromatic rings. The van der Waals surface area contributed by atoms with E-state index in [9.17, 15) is 9.59 Å². The standard InChI is InChI=1S/C18H23N5O2/c24-17(8-7-16-20-14-5-1-2-6-15(14)21-16)22-10-3-4-13(12-22)23-11-9-19-18(23)25/h1-2,5-6,13H,3-4,7-12H2,(H,19,25)(H,20,21)/t13-/m0/s1. The molecule has 25 heavy (non-hydrogen) atoms. The predicted octanol–water partition coefficient (Wildman–Crippen LogP) is 1.51. The highest BCUT2D eigenvalue weighted by atomic mass is 16.2. The number of hydrogen-bond donors (Lipinski definition) is 2. The first-order chi connectivity index (χ1) is 12.2. The summed E-state index contributed by atoms with van der Waals surface area (Å²) in [5, 5.41) is 2.84. The van der Waals surface area contributed by atoms with E-state index in [0.717, 1.165) is 42.8 Å². The molecule has 132 valence electrons. The van der Waals surface area contributed by atoms with Crippen molar-refractivity contribution < 1.29 is 9.59 Å². The Kier molecular flexibility index (Phi) is 4.29. The molecule has 0 radical (unpaired) electrons. The minimum absolute atomic E-state index is 0.00146. The molecule has 0 spiro atoms. The predicted molar refractivity (Wildman–Crippen MR) is 94.1 cm³/mol. The molecule has 0 aliphatic carbocycles. The quantitative estimate of drug-likeness (QED) is 0.884. The van der Waals surface area contributed by atoms with Crippen LogP contribution in [-0.4, -0.2) is 63.9 Å². The van der Waals surface area contributed by atoms with Crippen molar-refractivity contribution in [2.45, 2.75) is 31.7 Å². The van der Waals surface area contributed by atoms with Crippen LogP contribution in [0.1, 0.15) is 25.1 Å². The number of para-hydroxylation sites is 2. The summed E-state index contributed by atoms with van der Waals surface area (Å²) < 4.78 is 0. The fourth-order valence-corrected chi connectivity index (χ4v) is 3.78. The fourth-order valence-electron chi connectivity index (χ4n) is 3.78. The van der Waals surface area contributed by atoms with Crippen LogP contribution in [0.15, 0.2) is 24.3 Å². The second-order valence-electron chi connectivity index (χ2n) is 6.76. The highest BCUT2D eigenvalue weighted by molar-refractivity contribution is 5.78. The van der Waals surface area contributed by atoms with Gasteiger partial charge in [-0.1, -0.05) is 12.1 Å². The van der Waals surface area contributed by atoms with Crippen LogP contribution in [0.5, 0.6) is 0 Å². The number of nitrogens with one attached hydrogen (secondary N) is 2. The van der Waals surface area contributed by atoms with Gasteiger partial charge < -0.3 is 20.1 Å². The Labute approximate surface area is 146 Å². The molecule has 0 unspecified atom stereocenters. The molecule has 0 bridgehead atoms. The van der Waals surface area contributed by atoms with E-state index in [-0.39, 0.29) is 18.0 Å². The number of imidazole rings is 1.